The quantitative estimate of drug-likeness (QED) is 0.584. The fourth-order valence-corrected chi connectivity index (χ4v) is 1.03. The van der Waals surface area contributed by atoms with Crippen molar-refractivity contribution in [2.24, 2.45) is 0 Å². The zero-order valence-electron chi connectivity index (χ0n) is 7.62. The van der Waals surface area contributed by atoms with Crippen LogP contribution in [0.2, 0.25) is 5.02 Å². The van der Waals surface area contributed by atoms with Gasteiger partial charge in [-0.2, -0.15) is 0 Å². The van der Waals surface area contributed by atoms with Crippen LogP contribution in [0.5, 0.6) is 0 Å². The topological polar surface area (TPSA) is 49.3 Å². The molecule has 1 aromatic rings. The van der Waals surface area contributed by atoms with Gasteiger partial charge in [0.2, 0.25) is 0 Å². The molecule has 0 radical (unpaired) electrons. The number of nitrogens with one attached hydrogen (secondary N) is 1. The van der Waals surface area contributed by atoms with Crippen LogP contribution in [0.25, 0.3) is 0 Å². The van der Waals surface area contributed by atoms with E-state index in [1.165, 1.54) is 6.92 Å². The zero-order chi connectivity index (χ0) is 10.6. The van der Waals surface area contributed by atoms with Gasteiger partial charge in [-0.05, 0) is 31.2 Å². The molecular weight excluding hydrogens is 202 g/mol. The van der Waals surface area contributed by atoms with Crippen molar-refractivity contribution < 1.29 is 9.90 Å². The molecule has 4 heteroatoms. The van der Waals surface area contributed by atoms with Crippen LogP contribution in [0, 0.1) is 0 Å². The van der Waals surface area contributed by atoms with Gasteiger partial charge in [-0.15, -0.1) is 0 Å². The van der Waals surface area contributed by atoms with Crippen molar-refractivity contribution >= 4 is 23.2 Å². The van der Waals surface area contributed by atoms with E-state index in [-0.39, 0.29) is 11.7 Å². The minimum Gasteiger partial charge on any atom is -0.512 e. The van der Waals surface area contributed by atoms with Crippen LogP contribution in [0.3, 0.4) is 0 Å². The molecule has 1 rings (SSSR count). The van der Waals surface area contributed by atoms with E-state index >= 15 is 0 Å². The van der Waals surface area contributed by atoms with Gasteiger partial charge in [0.25, 0.3) is 5.91 Å². The molecule has 14 heavy (non-hydrogen) atoms. The molecule has 1 aromatic carbocycles. The summed E-state index contributed by atoms with van der Waals surface area (Å²) in [5, 5.41) is 12.0. The lowest BCUT2D eigenvalue weighted by atomic mass is 10.3. The van der Waals surface area contributed by atoms with E-state index in [9.17, 15) is 4.79 Å². The smallest absolute Gasteiger partial charge is 0.251 e. The normalized spacial score (nSPS) is 11.1. The Balaban J connectivity index is 2.66. The molecule has 0 aliphatic rings. The van der Waals surface area contributed by atoms with Crippen LogP contribution in [-0.4, -0.2) is 11.0 Å². The second kappa shape index (κ2) is 4.67. The maximum absolute atomic E-state index is 11.1. The van der Waals surface area contributed by atoms with Crippen molar-refractivity contribution in [3.8, 4) is 0 Å². The molecule has 0 aromatic heterocycles. The SMILES string of the molecule is C/C(O)=C/C(=O)Nc1ccc(Cl)cc1. The first-order chi connectivity index (χ1) is 6.58. The number of carbonyl (C=O) groups excluding carboxylic acids is 1. The minimum atomic E-state index is -0.368. The van der Waals surface area contributed by atoms with Crippen molar-refractivity contribution in [1.29, 1.82) is 0 Å². The van der Waals surface area contributed by atoms with E-state index in [0.717, 1.165) is 6.08 Å². The Hall–Kier alpha value is -1.48. The fourth-order valence-electron chi connectivity index (χ4n) is 0.901. The Bertz CT molecular complexity index is 353. The maximum atomic E-state index is 11.1. The molecule has 0 fully saturated rings. The number of allylic oxidation sites excluding steroid dienone is 1. The number of anilines is 1. The average Bonchev–Trinajstić information content (AvgIpc) is 2.07. The van der Waals surface area contributed by atoms with E-state index in [1.807, 2.05) is 0 Å². The van der Waals surface area contributed by atoms with Crippen LogP contribution >= 0.6 is 11.6 Å². The summed E-state index contributed by atoms with van der Waals surface area (Å²) >= 11 is 5.67. The van der Waals surface area contributed by atoms with E-state index in [0.29, 0.717) is 10.7 Å². The van der Waals surface area contributed by atoms with Gasteiger partial charge < -0.3 is 10.4 Å². The first-order valence-corrected chi connectivity index (χ1v) is 4.39. The van der Waals surface area contributed by atoms with Crippen LogP contribution in [0.15, 0.2) is 36.1 Å². The summed E-state index contributed by atoms with van der Waals surface area (Å²) in [6, 6.07) is 6.71. The van der Waals surface area contributed by atoms with Gasteiger partial charge in [0.15, 0.2) is 0 Å². The molecule has 2 N–H and O–H groups in total. The van der Waals surface area contributed by atoms with Crippen LogP contribution < -0.4 is 5.32 Å². The second-order valence-electron chi connectivity index (χ2n) is 2.78. The molecular formula is C10H10ClNO2. The number of aliphatic hydroxyl groups is 1. The summed E-state index contributed by atoms with van der Waals surface area (Å²) in [6.45, 7) is 1.43. The van der Waals surface area contributed by atoms with Crippen LogP contribution in [-0.2, 0) is 4.79 Å². The predicted molar refractivity (Wildman–Crippen MR) is 56.5 cm³/mol. The number of aliphatic hydroxyl groups excluding tert-OH is 1. The van der Waals surface area contributed by atoms with Crippen molar-refractivity contribution in [3.05, 3.63) is 41.1 Å². The Morgan fingerprint density at radius 3 is 2.50 bits per heavy atom. The number of benzene rings is 1. The molecule has 3 nitrogen and oxygen atoms in total. The van der Waals surface area contributed by atoms with Gasteiger partial charge in [-0.1, -0.05) is 11.6 Å². The Morgan fingerprint density at radius 2 is 2.00 bits per heavy atom. The lowest BCUT2D eigenvalue weighted by molar-refractivity contribution is -0.112. The Labute approximate surface area is 87.0 Å². The van der Waals surface area contributed by atoms with E-state index in [2.05, 4.69) is 5.32 Å². The molecule has 0 aliphatic carbocycles. The largest absolute Gasteiger partial charge is 0.512 e. The summed E-state index contributed by atoms with van der Waals surface area (Å²) in [4.78, 5) is 11.1. The van der Waals surface area contributed by atoms with E-state index in [1.54, 1.807) is 24.3 Å². The number of hydrogen-bond acceptors (Lipinski definition) is 2. The van der Waals surface area contributed by atoms with Crippen molar-refractivity contribution in [2.75, 3.05) is 5.32 Å². The second-order valence-corrected chi connectivity index (χ2v) is 3.22. The van der Waals surface area contributed by atoms with Gasteiger partial charge in [0, 0.05) is 16.8 Å². The van der Waals surface area contributed by atoms with Crippen molar-refractivity contribution in [1.82, 2.24) is 0 Å². The number of halogens is 1. The zero-order valence-corrected chi connectivity index (χ0v) is 8.38. The van der Waals surface area contributed by atoms with Gasteiger partial charge in [-0.25, -0.2) is 0 Å². The number of carbonyl (C=O) groups is 1. The molecule has 0 heterocycles. The lowest BCUT2D eigenvalue weighted by Gasteiger charge is -2.01. The molecule has 74 valence electrons. The maximum Gasteiger partial charge on any atom is 0.251 e. The van der Waals surface area contributed by atoms with Gasteiger partial charge in [-0.3, -0.25) is 4.79 Å². The molecule has 0 aliphatic heterocycles. The highest BCUT2D eigenvalue weighted by atomic mass is 35.5. The highest BCUT2D eigenvalue weighted by Gasteiger charge is 1.98. The third kappa shape index (κ3) is 3.49. The molecule has 0 unspecified atom stereocenters. The van der Waals surface area contributed by atoms with Crippen molar-refractivity contribution in [2.45, 2.75) is 6.92 Å². The summed E-state index contributed by atoms with van der Waals surface area (Å²) < 4.78 is 0. The molecule has 0 saturated heterocycles. The molecule has 1 amide bonds. The van der Waals surface area contributed by atoms with Gasteiger partial charge >= 0.3 is 0 Å². The van der Waals surface area contributed by atoms with E-state index < -0.39 is 0 Å². The third-order valence-electron chi connectivity index (χ3n) is 1.45. The predicted octanol–water partition coefficient (Wildman–Crippen LogP) is 2.74. The van der Waals surface area contributed by atoms with Gasteiger partial charge in [0.1, 0.15) is 0 Å². The summed E-state index contributed by atoms with van der Waals surface area (Å²) in [6.07, 6.45) is 1.11. The first-order valence-electron chi connectivity index (χ1n) is 4.02. The molecule has 0 saturated carbocycles. The highest BCUT2D eigenvalue weighted by molar-refractivity contribution is 6.30. The first kappa shape index (κ1) is 10.6. The Morgan fingerprint density at radius 1 is 1.43 bits per heavy atom. The van der Waals surface area contributed by atoms with Gasteiger partial charge in [0.05, 0.1) is 5.76 Å². The van der Waals surface area contributed by atoms with E-state index in [4.69, 9.17) is 16.7 Å². The number of rotatable bonds is 2. The Kier molecular flexibility index (Phi) is 3.54. The minimum absolute atomic E-state index is 0.0311. The standard InChI is InChI=1S/C10H10ClNO2/c1-7(13)6-10(14)12-9-4-2-8(11)3-5-9/h2-6,13H,1H3,(H,12,14)/b7-6-. The summed E-state index contributed by atoms with van der Waals surface area (Å²) in [5.74, 6) is -0.399. The van der Waals surface area contributed by atoms with Crippen molar-refractivity contribution in [3.63, 3.8) is 0 Å². The molecule has 0 atom stereocenters. The summed E-state index contributed by atoms with van der Waals surface area (Å²) in [7, 11) is 0. The number of amides is 1. The lowest BCUT2D eigenvalue weighted by Crippen LogP contribution is -2.08. The molecule has 0 bridgehead atoms. The highest BCUT2D eigenvalue weighted by Crippen LogP contribution is 2.13. The van der Waals surface area contributed by atoms with Crippen LogP contribution in [0.1, 0.15) is 6.92 Å². The third-order valence-corrected chi connectivity index (χ3v) is 1.70. The number of hydrogen-bond donors (Lipinski definition) is 2. The fraction of sp³-hybridized carbons (Fsp3) is 0.100. The average molecular weight is 212 g/mol. The monoisotopic (exact) mass is 211 g/mol. The molecule has 0 spiro atoms. The summed E-state index contributed by atoms with van der Waals surface area (Å²) in [5.41, 5.74) is 0.636. The van der Waals surface area contributed by atoms with Crippen LogP contribution in [0.4, 0.5) is 5.69 Å².